The Morgan fingerprint density at radius 3 is 0.933 bits per heavy atom. The molecule has 0 radical (unpaired) electrons. The van der Waals surface area contributed by atoms with Crippen molar-refractivity contribution in [3.05, 3.63) is 0 Å². The largest absolute Gasteiger partial charge is 0.0651 e. The lowest BCUT2D eigenvalue weighted by Gasteiger charge is -2.24. The number of rotatable bonds is 9. The smallest absolute Gasteiger partial charge is 0.0412 e. The van der Waals surface area contributed by atoms with Crippen LogP contribution in [0.3, 0.4) is 0 Å². The Kier molecular flexibility index (Phi) is 9.24. The lowest BCUT2D eigenvalue weighted by atomic mass is 9.82. The predicted molar refractivity (Wildman–Crippen MR) is 71.2 cm³/mol. The Hall–Kier alpha value is 0. The molecule has 0 fully saturated rings. The Balaban J connectivity index is 4.00. The van der Waals surface area contributed by atoms with E-state index in [1.807, 2.05) is 0 Å². The highest BCUT2D eigenvalue weighted by Crippen LogP contribution is 2.28. The molecule has 0 saturated carbocycles. The summed E-state index contributed by atoms with van der Waals surface area (Å²) in [5, 5.41) is 0. The molecule has 0 rings (SSSR count). The summed E-state index contributed by atoms with van der Waals surface area (Å²) in [6, 6.07) is 0. The maximum absolute atomic E-state index is 2.37. The molecule has 0 amide bonds. The third-order valence-electron chi connectivity index (χ3n) is 4.22. The van der Waals surface area contributed by atoms with Gasteiger partial charge < -0.3 is 0 Å². The highest BCUT2D eigenvalue weighted by atomic mass is 14.2. The van der Waals surface area contributed by atoms with E-state index in [9.17, 15) is 0 Å². The standard InChI is InChI=1S/C15H32/c1-6-13(7-2)11-15(10-5)12-14(8-3)9-4/h13-15H,6-12H2,1-5H3. The summed E-state index contributed by atoms with van der Waals surface area (Å²) in [6.45, 7) is 11.8. The highest BCUT2D eigenvalue weighted by molar-refractivity contribution is 4.67. The van der Waals surface area contributed by atoms with Gasteiger partial charge in [-0.25, -0.2) is 0 Å². The third kappa shape index (κ3) is 6.22. The summed E-state index contributed by atoms with van der Waals surface area (Å²) in [6.07, 6.45) is 9.81. The Labute approximate surface area is 97.8 Å². The zero-order chi connectivity index (χ0) is 11.7. The maximum atomic E-state index is 2.37. The van der Waals surface area contributed by atoms with Crippen LogP contribution in [0.2, 0.25) is 0 Å². The molecule has 0 aromatic heterocycles. The van der Waals surface area contributed by atoms with Crippen LogP contribution in [0, 0.1) is 17.8 Å². The van der Waals surface area contributed by atoms with E-state index in [4.69, 9.17) is 0 Å². The van der Waals surface area contributed by atoms with Gasteiger partial charge in [-0.15, -0.1) is 0 Å². The summed E-state index contributed by atoms with van der Waals surface area (Å²) in [4.78, 5) is 0. The van der Waals surface area contributed by atoms with Crippen LogP contribution in [0.5, 0.6) is 0 Å². The van der Waals surface area contributed by atoms with Gasteiger partial charge in [0.05, 0.1) is 0 Å². The molecule has 0 atom stereocenters. The van der Waals surface area contributed by atoms with Crippen molar-refractivity contribution in [2.75, 3.05) is 0 Å². The molecule has 0 unspecified atom stereocenters. The minimum absolute atomic E-state index is 0.976. The van der Waals surface area contributed by atoms with E-state index in [0.29, 0.717) is 0 Å². The van der Waals surface area contributed by atoms with Crippen molar-refractivity contribution < 1.29 is 0 Å². The van der Waals surface area contributed by atoms with Gasteiger partial charge in [0, 0.05) is 0 Å². The van der Waals surface area contributed by atoms with Crippen molar-refractivity contribution >= 4 is 0 Å². The summed E-state index contributed by atoms with van der Waals surface area (Å²) in [7, 11) is 0. The van der Waals surface area contributed by atoms with Crippen LogP contribution >= 0.6 is 0 Å². The second kappa shape index (κ2) is 9.24. The monoisotopic (exact) mass is 212 g/mol. The van der Waals surface area contributed by atoms with Crippen LogP contribution in [0.15, 0.2) is 0 Å². The highest BCUT2D eigenvalue weighted by Gasteiger charge is 2.16. The summed E-state index contributed by atoms with van der Waals surface area (Å²) >= 11 is 0. The molecule has 0 heteroatoms. The first-order valence-corrected chi connectivity index (χ1v) is 7.21. The van der Waals surface area contributed by atoms with E-state index >= 15 is 0 Å². The molecule has 0 saturated heterocycles. The van der Waals surface area contributed by atoms with Gasteiger partial charge >= 0.3 is 0 Å². The van der Waals surface area contributed by atoms with Crippen molar-refractivity contribution in [1.82, 2.24) is 0 Å². The van der Waals surface area contributed by atoms with E-state index in [1.54, 1.807) is 0 Å². The van der Waals surface area contributed by atoms with Gasteiger partial charge in [0.1, 0.15) is 0 Å². The summed E-state index contributed by atoms with van der Waals surface area (Å²) in [5.74, 6) is 2.94. The van der Waals surface area contributed by atoms with Gasteiger partial charge in [0.15, 0.2) is 0 Å². The van der Waals surface area contributed by atoms with Crippen LogP contribution in [0.25, 0.3) is 0 Å². The molecule has 0 nitrogen and oxygen atoms in total. The third-order valence-corrected chi connectivity index (χ3v) is 4.22. The van der Waals surface area contributed by atoms with Gasteiger partial charge in [-0.2, -0.15) is 0 Å². The molecule has 0 aliphatic carbocycles. The predicted octanol–water partition coefficient (Wildman–Crippen LogP) is 5.67. The topological polar surface area (TPSA) is 0 Å². The van der Waals surface area contributed by atoms with Gasteiger partial charge in [-0.3, -0.25) is 0 Å². The van der Waals surface area contributed by atoms with E-state index < -0.39 is 0 Å². The first kappa shape index (κ1) is 15.0. The van der Waals surface area contributed by atoms with Crippen molar-refractivity contribution in [1.29, 1.82) is 0 Å². The van der Waals surface area contributed by atoms with Crippen LogP contribution in [0.1, 0.15) is 79.6 Å². The quantitative estimate of drug-likeness (QED) is 0.462. The molecular formula is C15H32. The first-order chi connectivity index (χ1) is 7.21. The molecule has 92 valence electrons. The van der Waals surface area contributed by atoms with E-state index in [2.05, 4.69) is 34.6 Å². The SMILES string of the molecule is CCC(CC)CC(CC)CC(CC)CC. The molecule has 0 aliphatic rings. The second-order valence-electron chi connectivity index (χ2n) is 5.11. The van der Waals surface area contributed by atoms with Gasteiger partial charge in [0.2, 0.25) is 0 Å². The minimum Gasteiger partial charge on any atom is -0.0651 e. The fraction of sp³-hybridized carbons (Fsp3) is 1.00. The molecule has 0 heterocycles. The van der Waals surface area contributed by atoms with Crippen LogP contribution in [-0.4, -0.2) is 0 Å². The lowest BCUT2D eigenvalue weighted by Crippen LogP contribution is -2.12. The van der Waals surface area contributed by atoms with Crippen LogP contribution in [0.4, 0.5) is 0 Å². The first-order valence-electron chi connectivity index (χ1n) is 7.21. The van der Waals surface area contributed by atoms with Crippen molar-refractivity contribution in [2.45, 2.75) is 79.6 Å². The summed E-state index contributed by atoms with van der Waals surface area (Å²) in [5.41, 5.74) is 0. The average molecular weight is 212 g/mol. The molecule has 0 spiro atoms. The molecular weight excluding hydrogens is 180 g/mol. The van der Waals surface area contributed by atoms with Crippen molar-refractivity contribution in [2.24, 2.45) is 17.8 Å². The van der Waals surface area contributed by atoms with Crippen LogP contribution < -0.4 is 0 Å². The molecule has 0 N–H and O–H groups in total. The van der Waals surface area contributed by atoms with Crippen molar-refractivity contribution in [3.63, 3.8) is 0 Å². The fourth-order valence-electron chi connectivity index (χ4n) is 2.62. The Morgan fingerprint density at radius 2 is 0.733 bits per heavy atom. The number of hydrogen-bond donors (Lipinski definition) is 0. The maximum Gasteiger partial charge on any atom is -0.0412 e. The molecule has 0 bridgehead atoms. The molecule has 0 aromatic carbocycles. The van der Waals surface area contributed by atoms with Gasteiger partial charge in [-0.05, 0) is 30.6 Å². The molecule has 0 aromatic rings. The fourth-order valence-corrected chi connectivity index (χ4v) is 2.62. The molecule has 15 heavy (non-hydrogen) atoms. The average Bonchev–Trinajstić information content (AvgIpc) is 2.30. The number of hydrogen-bond acceptors (Lipinski definition) is 0. The van der Waals surface area contributed by atoms with Crippen LogP contribution in [-0.2, 0) is 0 Å². The van der Waals surface area contributed by atoms with Crippen molar-refractivity contribution in [3.8, 4) is 0 Å². The van der Waals surface area contributed by atoms with E-state index in [-0.39, 0.29) is 0 Å². The van der Waals surface area contributed by atoms with Gasteiger partial charge in [-0.1, -0.05) is 66.7 Å². The van der Waals surface area contributed by atoms with E-state index in [0.717, 1.165) is 17.8 Å². The zero-order valence-corrected chi connectivity index (χ0v) is 11.7. The Morgan fingerprint density at radius 1 is 0.467 bits per heavy atom. The van der Waals surface area contributed by atoms with Gasteiger partial charge in [0.25, 0.3) is 0 Å². The zero-order valence-electron chi connectivity index (χ0n) is 11.7. The van der Waals surface area contributed by atoms with E-state index in [1.165, 1.54) is 44.9 Å². The Bertz CT molecular complexity index is 106. The second-order valence-corrected chi connectivity index (χ2v) is 5.11. The summed E-state index contributed by atoms with van der Waals surface area (Å²) < 4.78 is 0. The molecule has 0 aliphatic heterocycles. The normalized spacial score (nSPS) is 12.0. The minimum atomic E-state index is 0.976. The lowest BCUT2D eigenvalue weighted by molar-refractivity contribution is 0.278.